The van der Waals surface area contributed by atoms with Crippen molar-refractivity contribution in [1.82, 2.24) is 15.2 Å². The standard InChI is InChI=1S/C14H16N4O2/c19-12(20)14(8-4-1-5-9-14)16-13-15-10-6-2-3-7-11(10)17-18-13/h2-3,6-7H,1,4-5,8-9H2,(H,19,20)(H,15,16,18). The first kappa shape index (κ1) is 12.8. The van der Waals surface area contributed by atoms with Crippen LogP contribution in [0.25, 0.3) is 11.0 Å². The predicted molar refractivity (Wildman–Crippen MR) is 74.4 cm³/mol. The van der Waals surface area contributed by atoms with E-state index in [4.69, 9.17) is 0 Å². The van der Waals surface area contributed by atoms with Crippen molar-refractivity contribution in [3.63, 3.8) is 0 Å². The molecule has 6 nitrogen and oxygen atoms in total. The number of nitrogens with one attached hydrogen (secondary N) is 1. The van der Waals surface area contributed by atoms with E-state index in [0.717, 1.165) is 19.3 Å². The third-order valence-corrected chi connectivity index (χ3v) is 3.83. The molecule has 2 aromatic rings. The molecule has 0 unspecified atom stereocenters. The quantitative estimate of drug-likeness (QED) is 0.890. The molecule has 2 N–H and O–H groups in total. The summed E-state index contributed by atoms with van der Waals surface area (Å²) in [6.07, 6.45) is 4.07. The predicted octanol–water partition coefficient (Wildman–Crippen LogP) is 2.22. The maximum atomic E-state index is 11.6. The molecule has 0 bridgehead atoms. The molecule has 1 aromatic heterocycles. The first-order valence-electron chi connectivity index (χ1n) is 6.81. The Labute approximate surface area is 116 Å². The van der Waals surface area contributed by atoms with Crippen molar-refractivity contribution in [2.45, 2.75) is 37.6 Å². The summed E-state index contributed by atoms with van der Waals surface area (Å²) in [5.74, 6) is -0.554. The van der Waals surface area contributed by atoms with Crippen molar-refractivity contribution in [3.8, 4) is 0 Å². The smallest absolute Gasteiger partial charge is 0.329 e. The number of hydrogen-bond acceptors (Lipinski definition) is 5. The van der Waals surface area contributed by atoms with Crippen LogP contribution in [0.1, 0.15) is 32.1 Å². The minimum atomic E-state index is -0.956. The van der Waals surface area contributed by atoms with Gasteiger partial charge in [0.15, 0.2) is 0 Å². The van der Waals surface area contributed by atoms with Gasteiger partial charge in [-0.3, -0.25) is 0 Å². The number of aromatic nitrogens is 3. The molecule has 1 heterocycles. The van der Waals surface area contributed by atoms with E-state index in [-0.39, 0.29) is 5.95 Å². The van der Waals surface area contributed by atoms with Gasteiger partial charge in [0.05, 0.1) is 5.52 Å². The fraction of sp³-hybridized carbons (Fsp3) is 0.429. The average Bonchev–Trinajstić information content (AvgIpc) is 2.48. The van der Waals surface area contributed by atoms with Gasteiger partial charge in [-0.2, -0.15) is 0 Å². The first-order valence-corrected chi connectivity index (χ1v) is 6.81. The first-order chi connectivity index (χ1) is 9.70. The Bertz CT molecular complexity index is 638. The van der Waals surface area contributed by atoms with Crippen molar-refractivity contribution in [3.05, 3.63) is 24.3 Å². The monoisotopic (exact) mass is 272 g/mol. The van der Waals surface area contributed by atoms with E-state index in [2.05, 4.69) is 20.5 Å². The van der Waals surface area contributed by atoms with Crippen LogP contribution in [0.2, 0.25) is 0 Å². The molecule has 1 saturated carbocycles. The number of nitrogens with zero attached hydrogens (tertiary/aromatic N) is 3. The third kappa shape index (κ3) is 2.29. The zero-order chi connectivity index (χ0) is 14.0. The molecule has 1 fully saturated rings. The fourth-order valence-electron chi connectivity index (χ4n) is 2.70. The molecular formula is C14H16N4O2. The summed E-state index contributed by atoms with van der Waals surface area (Å²) in [5, 5.41) is 20.6. The van der Waals surface area contributed by atoms with E-state index in [0.29, 0.717) is 23.9 Å². The molecule has 1 aliphatic carbocycles. The molecule has 0 amide bonds. The van der Waals surface area contributed by atoms with Crippen LogP contribution < -0.4 is 5.32 Å². The largest absolute Gasteiger partial charge is 0.480 e. The van der Waals surface area contributed by atoms with Crippen LogP contribution >= 0.6 is 0 Å². The highest BCUT2D eigenvalue weighted by Gasteiger charge is 2.40. The molecule has 3 rings (SSSR count). The summed E-state index contributed by atoms with van der Waals surface area (Å²) < 4.78 is 0. The summed E-state index contributed by atoms with van der Waals surface area (Å²) >= 11 is 0. The Morgan fingerprint density at radius 2 is 1.80 bits per heavy atom. The number of carboxylic acids is 1. The lowest BCUT2D eigenvalue weighted by atomic mass is 9.82. The molecule has 0 aliphatic heterocycles. The number of para-hydroxylation sites is 1. The Morgan fingerprint density at radius 3 is 2.50 bits per heavy atom. The second kappa shape index (κ2) is 5.03. The number of anilines is 1. The minimum absolute atomic E-state index is 0.285. The summed E-state index contributed by atoms with van der Waals surface area (Å²) in [7, 11) is 0. The molecule has 20 heavy (non-hydrogen) atoms. The van der Waals surface area contributed by atoms with Crippen molar-refractivity contribution in [1.29, 1.82) is 0 Å². The number of fused-ring (bicyclic) bond motifs is 1. The van der Waals surface area contributed by atoms with Crippen LogP contribution in [-0.2, 0) is 4.79 Å². The van der Waals surface area contributed by atoms with Gasteiger partial charge < -0.3 is 10.4 Å². The number of carbonyl (C=O) groups is 1. The van der Waals surface area contributed by atoms with Gasteiger partial charge in [0.1, 0.15) is 11.1 Å². The number of rotatable bonds is 3. The molecule has 0 spiro atoms. The number of benzene rings is 1. The van der Waals surface area contributed by atoms with E-state index in [1.54, 1.807) is 0 Å². The summed E-state index contributed by atoms with van der Waals surface area (Å²) in [5.41, 5.74) is 0.454. The average molecular weight is 272 g/mol. The third-order valence-electron chi connectivity index (χ3n) is 3.83. The summed E-state index contributed by atoms with van der Waals surface area (Å²) in [6, 6.07) is 7.40. The van der Waals surface area contributed by atoms with Gasteiger partial charge in [0.2, 0.25) is 5.95 Å². The molecule has 0 saturated heterocycles. The highest BCUT2D eigenvalue weighted by atomic mass is 16.4. The highest BCUT2D eigenvalue weighted by Crippen LogP contribution is 2.31. The van der Waals surface area contributed by atoms with E-state index in [1.165, 1.54) is 0 Å². The highest BCUT2D eigenvalue weighted by molar-refractivity contribution is 5.82. The van der Waals surface area contributed by atoms with Gasteiger partial charge >= 0.3 is 5.97 Å². The van der Waals surface area contributed by atoms with E-state index < -0.39 is 11.5 Å². The molecule has 0 atom stereocenters. The Balaban J connectivity index is 1.92. The van der Waals surface area contributed by atoms with Gasteiger partial charge in [-0.15, -0.1) is 10.2 Å². The van der Waals surface area contributed by atoms with Gasteiger partial charge in [-0.1, -0.05) is 31.4 Å². The zero-order valence-electron chi connectivity index (χ0n) is 11.0. The second-order valence-electron chi connectivity index (χ2n) is 5.20. The molecular weight excluding hydrogens is 256 g/mol. The summed E-state index contributed by atoms with van der Waals surface area (Å²) in [4.78, 5) is 16.0. The molecule has 6 heteroatoms. The Morgan fingerprint density at radius 1 is 1.10 bits per heavy atom. The van der Waals surface area contributed by atoms with E-state index >= 15 is 0 Å². The van der Waals surface area contributed by atoms with Crippen molar-refractivity contribution in [2.75, 3.05) is 5.32 Å². The lowest BCUT2D eigenvalue weighted by Gasteiger charge is -2.33. The minimum Gasteiger partial charge on any atom is -0.480 e. The lowest BCUT2D eigenvalue weighted by Crippen LogP contribution is -2.48. The Hall–Kier alpha value is -2.24. The maximum absolute atomic E-state index is 11.6. The SMILES string of the molecule is O=C(O)C1(Nc2nnc3ccccc3n2)CCCCC1. The van der Waals surface area contributed by atoms with Crippen molar-refractivity contribution in [2.24, 2.45) is 0 Å². The number of aliphatic carboxylic acids is 1. The van der Waals surface area contributed by atoms with Crippen molar-refractivity contribution < 1.29 is 9.90 Å². The van der Waals surface area contributed by atoms with E-state index in [9.17, 15) is 9.90 Å². The molecule has 1 aliphatic rings. The summed E-state index contributed by atoms with van der Waals surface area (Å²) in [6.45, 7) is 0. The van der Waals surface area contributed by atoms with Crippen LogP contribution in [-0.4, -0.2) is 31.8 Å². The number of hydrogen-bond donors (Lipinski definition) is 2. The van der Waals surface area contributed by atoms with Crippen LogP contribution in [0, 0.1) is 0 Å². The van der Waals surface area contributed by atoms with Gasteiger partial charge in [-0.25, -0.2) is 9.78 Å². The molecule has 1 aromatic carbocycles. The topological polar surface area (TPSA) is 88.0 Å². The van der Waals surface area contributed by atoms with E-state index in [1.807, 2.05) is 24.3 Å². The normalized spacial score (nSPS) is 17.8. The number of carboxylic acid groups (broad SMARTS) is 1. The Kier molecular flexibility index (Phi) is 3.22. The molecule has 0 radical (unpaired) electrons. The maximum Gasteiger partial charge on any atom is 0.329 e. The van der Waals surface area contributed by atoms with Gasteiger partial charge in [0, 0.05) is 0 Å². The van der Waals surface area contributed by atoms with Crippen LogP contribution in [0.5, 0.6) is 0 Å². The fourth-order valence-corrected chi connectivity index (χ4v) is 2.70. The zero-order valence-corrected chi connectivity index (χ0v) is 11.0. The van der Waals surface area contributed by atoms with Gasteiger partial charge in [-0.05, 0) is 25.0 Å². The second-order valence-corrected chi connectivity index (χ2v) is 5.20. The van der Waals surface area contributed by atoms with Crippen LogP contribution in [0.4, 0.5) is 5.95 Å². The van der Waals surface area contributed by atoms with Gasteiger partial charge in [0.25, 0.3) is 0 Å². The van der Waals surface area contributed by atoms with Crippen LogP contribution in [0.3, 0.4) is 0 Å². The van der Waals surface area contributed by atoms with Crippen LogP contribution in [0.15, 0.2) is 24.3 Å². The lowest BCUT2D eigenvalue weighted by molar-refractivity contribution is -0.143. The van der Waals surface area contributed by atoms with Crippen molar-refractivity contribution >= 4 is 23.0 Å². The molecule has 104 valence electrons.